The number of nitrogens with one attached hydrogen (secondary N) is 1. The van der Waals surface area contributed by atoms with Crippen LogP contribution in [-0.2, 0) is 0 Å². The number of aryl methyl sites for hydroxylation is 1. The van der Waals surface area contributed by atoms with Crippen molar-refractivity contribution in [1.29, 1.82) is 0 Å². The molecule has 2 aliphatic rings. The van der Waals surface area contributed by atoms with Crippen molar-refractivity contribution in [2.75, 3.05) is 13.1 Å². The molecule has 4 nitrogen and oxygen atoms in total. The molecule has 0 aliphatic carbocycles. The number of carbonyl (C=O) groups is 1. The van der Waals surface area contributed by atoms with Crippen molar-refractivity contribution >= 4 is 12.0 Å². The van der Waals surface area contributed by atoms with Crippen molar-refractivity contribution in [3.8, 4) is 5.75 Å². The maximum atomic E-state index is 11.4. The summed E-state index contributed by atoms with van der Waals surface area (Å²) in [5, 5.41) is 12.7. The van der Waals surface area contributed by atoms with E-state index in [-0.39, 0.29) is 5.60 Å². The van der Waals surface area contributed by atoms with Gasteiger partial charge >= 0.3 is 5.97 Å². The van der Waals surface area contributed by atoms with Crippen molar-refractivity contribution in [3.05, 3.63) is 34.9 Å². The minimum Gasteiger partial charge on any atom is -0.482 e. The molecule has 0 amide bonds. The SMILES string of the molecule is Cc1ccc2c(c1C(=O)O)OC1(C=C2)CCNCC1. The summed E-state index contributed by atoms with van der Waals surface area (Å²) in [6, 6.07) is 3.75. The van der Waals surface area contributed by atoms with Crippen LogP contribution in [0.3, 0.4) is 0 Å². The Hall–Kier alpha value is -1.81. The van der Waals surface area contributed by atoms with Crippen LogP contribution in [0.1, 0.15) is 34.3 Å². The summed E-state index contributed by atoms with van der Waals surface area (Å²) in [6.45, 7) is 3.60. The molecule has 0 radical (unpaired) electrons. The Morgan fingerprint density at radius 2 is 2.11 bits per heavy atom. The molecule has 1 fully saturated rings. The van der Waals surface area contributed by atoms with E-state index in [9.17, 15) is 9.90 Å². The Morgan fingerprint density at radius 3 is 2.79 bits per heavy atom. The van der Waals surface area contributed by atoms with Crippen molar-refractivity contribution < 1.29 is 14.6 Å². The molecule has 19 heavy (non-hydrogen) atoms. The normalized spacial score (nSPS) is 19.8. The lowest BCUT2D eigenvalue weighted by Gasteiger charge is -2.38. The third kappa shape index (κ3) is 2.02. The molecule has 2 heterocycles. The van der Waals surface area contributed by atoms with E-state index in [0.717, 1.165) is 37.1 Å². The lowest BCUT2D eigenvalue weighted by atomic mass is 9.88. The highest BCUT2D eigenvalue weighted by Gasteiger charge is 2.36. The molecule has 3 rings (SSSR count). The number of ether oxygens (including phenoxy) is 1. The topological polar surface area (TPSA) is 58.6 Å². The van der Waals surface area contributed by atoms with Crippen LogP contribution < -0.4 is 10.1 Å². The van der Waals surface area contributed by atoms with Gasteiger partial charge in [-0.1, -0.05) is 18.2 Å². The van der Waals surface area contributed by atoms with Crippen LogP contribution in [0.25, 0.3) is 6.08 Å². The summed E-state index contributed by atoms with van der Waals surface area (Å²) in [6.07, 6.45) is 5.82. The van der Waals surface area contributed by atoms with Gasteiger partial charge in [0.05, 0.1) is 0 Å². The zero-order valence-electron chi connectivity index (χ0n) is 10.9. The minimum atomic E-state index is -0.922. The number of carboxylic acid groups (broad SMARTS) is 1. The molecule has 2 N–H and O–H groups in total. The Kier molecular flexibility index (Phi) is 2.82. The fourth-order valence-corrected chi connectivity index (χ4v) is 2.80. The number of benzene rings is 1. The van der Waals surface area contributed by atoms with Gasteiger partial charge in [0.1, 0.15) is 16.9 Å². The highest BCUT2D eigenvalue weighted by Crippen LogP contribution is 2.39. The van der Waals surface area contributed by atoms with Crippen molar-refractivity contribution in [2.24, 2.45) is 0 Å². The molecule has 1 saturated heterocycles. The summed E-state index contributed by atoms with van der Waals surface area (Å²) in [7, 11) is 0. The van der Waals surface area contributed by atoms with Gasteiger partial charge in [-0.3, -0.25) is 0 Å². The summed E-state index contributed by atoms with van der Waals surface area (Å²) in [5.41, 5.74) is 1.55. The van der Waals surface area contributed by atoms with Crippen LogP contribution in [0.2, 0.25) is 0 Å². The number of hydrogen-bond acceptors (Lipinski definition) is 3. The molecule has 1 aromatic carbocycles. The first kappa shape index (κ1) is 12.2. The van der Waals surface area contributed by atoms with E-state index in [2.05, 4.69) is 11.4 Å². The number of aromatic carboxylic acids is 1. The fraction of sp³-hybridized carbons (Fsp3) is 0.400. The van der Waals surface area contributed by atoms with Gasteiger partial charge in [-0.2, -0.15) is 0 Å². The van der Waals surface area contributed by atoms with Gasteiger partial charge in [0.15, 0.2) is 0 Å². The minimum absolute atomic E-state index is 0.291. The molecular weight excluding hydrogens is 242 g/mol. The standard InChI is InChI=1S/C15H17NO3/c1-10-2-3-11-4-5-15(6-8-16-9-7-15)19-13(11)12(10)14(17)18/h2-5,16H,6-9H2,1H3,(H,17,18). The zero-order valence-corrected chi connectivity index (χ0v) is 10.9. The van der Waals surface area contributed by atoms with Crippen LogP contribution in [0.15, 0.2) is 18.2 Å². The van der Waals surface area contributed by atoms with Gasteiger partial charge in [0, 0.05) is 18.4 Å². The largest absolute Gasteiger partial charge is 0.482 e. The quantitative estimate of drug-likeness (QED) is 0.812. The highest BCUT2D eigenvalue weighted by atomic mass is 16.5. The van der Waals surface area contributed by atoms with Crippen LogP contribution in [0.5, 0.6) is 5.75 Å². The van der Waals surface area contributed by atoms with Gasteiger partial charge in [0.2, 0.25) is 0 Å². The zero-order chi connectivity index (χ0) is 13.5. The third-order valence-electron chi connectivity index (χ3n) is 3.93. The summed E-state index contributed by atoms with van der Waals surface area (Å²) in [4.78, 5) is 11.4. The predicted octanol–water partition coefficient (Wildman–Crippen LogP) is 2.22. The van der Waals surface area contributed by atoms with Crippen LogP contribution in [0.4, 0.5) is 0 Å². The van der Waals surface area contributed by atoms with E-state index in [0.29, 0.717) is 11.3 Å². The van der Waals surface area contributed by atoms with E-state index in [4.69, 9.17) is 4.74 Å². The molecule has 4 heteroatoms. The number of piperidine rings is 1. The molecule has 0 saturated carbocycles. The number of hydrogen-bond donors (Lipinski definition) is 2. The Bertz CT molecular complexity index is 557. The Balaban J connectivity index is 2.07. The maximum Gasteiger partial charge on any atom is 0.339 e. The molecule has 1 aromatic rings. The van der Waals surface area contributed by atoms with E-state index < -0.39 is 5.97 Å². The second kappa shape index (κ2) is 4.38. The second-order valence-electron chi connectivity index (χ2n) is 5.23. The highest BCUT2D eigenvalue weighted by molar-refractivity contribution is 5.94. The summed E-state index contributed by atoms with van der Waals surface area (Å²) < 4.78 is 6.13. The molecule has 0 unspecified atom stereocenters. The first-order valence-electron chi connectivity index (χ1n) is 6.57. The van der Waals surface area contributed by atoms with Crippen LogP contribution >= 0.6 is 0 Å². The van der Waals surface area contributed by atoms with Crippen LogP contribution in [-0.4, -0.2) is 29.8 Å². The van der Waals surface area contributed by atoms with Gasteiger partial charge in [-0.25, -0.2) is 4.79 Å². The molecule has 0 bridgehead atoms. The van der Waals surface area contributed by atoms with E-state index in [1.807, 2.05) is 18.2 Å². The molecule has 1 spiro atoms. The first-order valence-corrected chi connectivity index (χ1v) is 6.57. The fourth-order valence-electron chi connectivity index (χ4n) is 2.80. The lowest BCUT2D eigenvalue weighted by Crippen LogP contribution is -2.46. The smallest absolute Gasteiger partial charge is 0.339 e. The summed E-state index contributed by atoms with van der Waals surface area (Å²) in [5.74, 6) is -0.398. The van der Waals surface area contributed by atoms with Gasteiger partial charge in [-0.05, 0) is 31.7 Å². The van der Waals surface area contributed by atoms with Gasteiger partial charge in [-0.15, -0.1) is 0 Å². The van der Waals surface area contributed by atoms with Crippen molar-refractivity contribution in [3.63, 3.8) is 0 Å². The molecule has 0 atom stereocenters. The predicted molar refractivity (Wildman–Crippen MR) is 72.6 cm³/mol. The monoisotopic (exact) mass is 259 g/mol. The molecule has 2 aliphatic heterocycles. The summed E-state index contributed by atoms with van der Waals surface area (Å²) >= 11 is 0. The van der Waals surface area contributed by atoms with E-state index in [1.165, 1.54) is 0 Å². The molecular formula is C15H17NO3. The maximum absolute atomic E-state index is 11.4. The number of rotatable bonds is 1. The van der Waals surface area contributed by atoms with E-state index >= 15 is 0 Å². The van der Waals surface area contributed by atoms with Gasteiger partial charge in [0.25, 0.3) is 0 Å². The number of carboxylic acids is 1. The number of fused-ring (bicyclic) bond motifs is 1. The third-order valence-corrected chi connectivity index (χ3v) is 3.93. The first-order chi connectivity index (χ1) is 9.11. The molecule has 0 aromatic heterocycles. The molecule has 100 valence electrons. The average molecular weight is 259 g/mol. The lowest BCUT2D eigenvalue weighted by molar-refractivity contribution is 0.0645. The van der Waals surface area contributed by atoms with Crippen LogP contribution in [0, 0.1) is 6.92 Å². The van der Waals surface area contributed by atoms with Gasteiger partial charge < -0.3 is 15.2 Å². The van der Waals surface area contributed by atoms with E-state index in [1.54, 1.807) is 6.92 Å². The average Bonchev–Trinajstić information content (AvgIpc) is 2.38. The van der Waals surface area contributed by atoms with Crippen molar-refractivity contribution in [2.45, 2.75) is 25.4 Å². The Morgan fingerprint density at radius 1 is 1.37 bits per heavy atom. The Labute approximate surface area is 112 Å². The second-order valence-corrected chi connectivity index (χ2v) is 5.23. The van der Waals surface area contributed by atoms with Crippen molar-refractivity contribution in [1.82, 2.24) is 5.32 Å².